The van der Waals surface area contributed by atoms with Crippen molar-refractivity contribution in [3.63, 3.8) is 0 Å². The Hall–Kier alpha value is -3.62. The molecule has 4 aromatic rings. The molecule has 4 aromatic heterocycles. The molecule has 0 aromatic carbocycles. The zero-order chi connectivity index (χ0) is 20.2. The lowest BCUT2D eigenvalue weighted by molar-refractivity contribution is 0.363. The summed E-state index contributed by atoms with van der Waals surface area (Å²) in [5, 5.41) is 4.67. The maximum Gasteiger partial charge on any atom is 0.263 e. The van der Waals surface area contributed by atoms with Crippen LogP contribution in [-0.2, 0) is 6.54 Å². The monoisotopic (exact) mass is 401 g/mol. The largest absolute Gasteiger partial charge is 0.356 e. The van der Waals surface area contributed by atoms with Crippen molar-refractivity contribution in [3.05, 3.63) is 70.6 Å². The standard InChI is InChI=1S/C21H19N7O2/c1-12-4-6-22-16(7-12)27-8-14-15(9-27)18(14)20-25-17(30-26-20)10-28-11-24-19-13(21(28)29)3-2-5-23-19/h2-7,11,14-15,18H,8-10H2,1H3. The average Bonchev–Trinajstić information content (AvgIpc) is 3.10. The normalized spacial score (nSPS) is 22.4. The molecule has 2 aliphatic rings. The molecule has 1 saturated heterocycles. The number of aryl methyl sites for hydroxylation is 1. The van der Waals surface area contributed by atoms with Crippen molar-refractivity contribution in [2.45, 2.75) is 19.4 Å². The lowest BCUT2D eigenvalue weighted by Gasteiger charge is -2.20. The molecule has 2 atom stereocenters. The first-order valence-corrected chi connectivity index (χ1v) is 9.97. The van der Waals surface area contributed by atoms with Crippen LogP contribution in [0.3, 0.4) is 0 Å². The van der Waals surface area contributed by atoms with Crippen LogP contribution in [0.2, 0.25) is 0 Å². The second-order valence-electron chi connectivity index (χ2n) is 8.05. The molecule has 1 aliphatic heterocycles. The molecule has 150 valence electrons. The summed E-state index contributed by atoms with van der Waals surface area (Å²) in [7, 11) is 0. The van der Waals surface area contributed by atoms with Crippen LogP contribution in [0.4, 0.5) is 5.82 Å². The van der Waals surface area contributed by atoms with Crippen molar-refractivity contribution in [1.82, 2.24) is 29.7 Å². The lowest BCUT2D eigenvalue weighted by atomic mass is 10.2. The van der Waals surface area contributed by atoms with Crippen LogP contribution in [-0.4, -0.2) is 42.7 Å². The minimum Gasteiger partial charge on any atom is -0.356 e. The van der Waals surface area contributed by atoms with E-state index in [0.717, 1.165) is 24.7 Å². The molecule has 9 nitrogen and oxygen atoms in total. The van der Waals surface area contributed by atoms with Crippen LogP contribution < -0.4 is 10.5 Å². The highest BCUT2D eigenvalue weighted by atomic mass is 16.5. The van der Waals surface area contributed by atoms with E-state index in [1.807, 2.05) is 12.3 Å². The Bertz CT molecular complexity index is 1300. The second-order valence-corrected chi connectivity index (χ2v) is 8.05. The Morgan fingerprint density at radius 3 is 2.83 bits per heavy atom. The fraction of sp³-hybridized carbons (Fsp3) is 0.333. The molecule has 0 radical (unpaired) electrons. The highest BCUT2D eigenvalue weighted by Gasteiger charge is 2.58. The molecule has 0 spiro atoms. The number of piperidine rings is 1. The molecule has 1 saturated carbocycles. The lowest BCUT2D eigenvalue weighted by Crippen LogP contribution is -2.24. The van der Waals surface area contributed by atoms with Crippen molar-refractivity contribution in [2.24, 2.45) is 11.8 Å². The number of aromatic nitrogens is 6. The minimum atomic E-state index is -0.169. The number of hydrogen-bond acceptors (Lipinski definition) is 8. The maximum absolute atomic E-state index is 12.6. The van der Waals surface area contributed by atoms with Gasteiger partial charge >= 0.3 is 0 Å². The van der Waals surface area contributed by atoms with E-state index in [9.17, 15) is 4.79 Å². The summed E-state index contributed by atoms with van der Waals surface area (Å²) >= 11 is 0. The predicted molar refractivity (Wildman–Crippen MR) is 108 cm³/mol. The number of anilines is 1. The van der Waals surface area contributed by atoms with Crippen molar-refractivity contribution in [2.75, 3.05) is 18.0 Å². The third-order valence-corrected chi connectivity index (χ3v) is 6.10. The average molecular weight is 401 g/mol. The Kier molecular flexibility index (Phi) is 3.71. The molecule has 6 rings (SSSR count). The van der Waals surface area contributed by atoms with E-state index in [-0.39, 0.29) is 12.1 Å². The summed E-state index contributed by atoms with van der Waals surface area (Å²) in [6.07, 6.45) is 4.95. The summed E-state index contributed by atoms with van der Waals surface area (Å²) in [5.74, 6) is 3.55. The fourth-order valence-electron chi connectivity index (χ4n) is 4.51. The van der Waals surface area contributed by atoms with Gasteiger partial charge in [-0.2, -0.15) is 4.98 Å². The SMILES string of the molecule is Cc1ccnc(N2CC3C(C2)C3c2noc(Cn3cnc4ncccc4c3=O)n2)c1. The van der Waals surface area contributed by atoms with E-state index in [2.05, 4.69) is 43.0 Å². The van der Waals surface area contributed by atoms with Crippen LogP contribution in [0.5, 0.6) is 0 Å². The van der Waals surface area contributed by atoms with Gasteiger partial charge in [0.2, 0.25) is 5.89 Å². The van der Waals surface area contributed by atoms with Gasteiger partial charge in [0.15, 0.2) is 11.5 Å². The van der Waals surface area contributed by atoms with Crippen LogP contribution in [0.15, 0.2) is 52.3 Å². The molecular weight excluding hydrogens is 382 g/mol. The zero-order valence-corrected chi connectivity index (χ0v) is 16.3. The van der Waals surface area contributed by atoms with Crippen LogP contribution >= 0.6 is 0 Å². The quantitative estimate of drug-likeness (QED) is 0.510. The molecule has 1 aliphatic carbocycles. The Balaban J connectivity index is 1.16. The summed E-state index contributed by atoms with van der Waals surface area (Å²) in [6.45, 7) is 4.19. The number of hydrogen-bond donors (Lipinski definition) is 0. The molecular formula is C21H19N7O2. The second kappa shape index (κ2) is 6.45. The van der Waals surface area contributed by atoms with Gasteiger partial charge in [-0.25, -0.2) is 15.0 Å². The summed E-state index contributed by atoms with van der Waals surface area (Å²) in [4.78, 5) is 32.3. The topological polar surface area (TPSA) is 103 Å². The van der Waals surface area contributed by atoms with E-state index in [1.54, 1.807) is 18.3 Å². The van der Waals surface area contributed by atoms with Gasteiger partial charge in [0.05, 0.1) is 5.39 Å². The third-order valence-electron chi connectivity index (χ3n) is 6.10. The van der Waals surface area contributed by atoms with Gasteiger partial charge in [0.1, 0.15) is 18.7 Å². The molecule has 2 unspecified atom stereocenters. The Morgan fingerprint density at radius 1 is 1.13 bits per heavy atom. The highest BCUT2D eigenvalue weighted by molar-refractivity contribution is 5.72. The summed E-state index contributed by atoms with van der Waals surface area (Å²) in [5.41, 5.74) is 1.48. The van der Waals surface area contributed by atoms with Gasteiger partial charge in [-0.3, -0.25) is 9.36 Å². The first kappa shape index (κ1) is 17.3. The van der Waals surface area contributed by atoms with Gasteiger partial charge in [-0.15, -0.1) is 0 Å². The van der Waals surface area contributed by atoms with Gasteiger partial charge in [-0.05, 0) is 48.6 Å². The molecule has 2 fully saturated rings. The first-order valence-electron chi connectivity index (χ1n) is 9.97. The number of fused-ring (bicyclic) bond motifs is 2. The van der Waals surface area contributed by atoms with Crippen LogP contribution in [0, 0.1) is 18.8 Å². The predicted octanol–water partition coefficient (Wildman–Crippen LogP) is 1.78. The van der Waals surface area contributed by atoms with Gasteiger partial charge in [-0.1, -0.05) is 5.16 Å². The number of nitrogens with zero attached hydrogens (tertiary/aromatic N) is 7. The minimum absolute atomic E-state index is 0.169. The van der Waals surface area contributed by atoms with Crippen LogP contribution in [0.1, 0.15) is 23.2 Å². The highest BCUT2D eigenvalue weighted by Crippen LogP contribution is 2.57. The van der Waals surface area contributed by atoms with E-state index < -0.39 is 0 Å². The maximum atomic E-state index is 12.6. The number of pyridine rings is 2. The van der Waals surface area contributed by atoms with Gasteiger partial charge < -0.3 is 9.42 Å². The Morgan fingerprint density at radius 2 is 2.00 bits per heavy atom. The van der Waals surface area contributed by atoms with Gasteiger partial charge in [0, 0.05) is 31.4 Å². The molecule has 0 N–H and O–H groups in total. The molecule has 9 heteroatoms. The zero-order valence-electron chi connectivity index (χ0n) is 16.3. The summed E-state index contributed by atoms with van der Waals surface area (Å²) in [6, 6.07) is 7.57. The smallest absolute Gasteiger partial charge is 0.263 e. The van der Waals surface area contributed by atoms with Crippen molar-refractivity contribution in [1.29, 1.82) is 0 Å². The van der Waals surface area contributed by atoms with E-state index in [0.29, 0.717) is 34.7 Å². The van der Waals surface area contributed by atoms with E-state index >= 15 is 0 Å². The van der Waals surface area contributed by atoms with E-state index in [4.69, 9.17) is 4.52 Å². The molecule has 0 bridgehead atoms. The van der Waals surface area contributed by atoms with Crippen molar-refractivity contribution < 1.29 is 4.52 Å². The van der Waals surface area contributed by atoms with Crippen molar-refractivity contribution >= 4 is 16.9 Å². The first-order chi connectivity index (χ1) is 14.7. The van der Waals surface area contributed by atoms with Crippen LogP contribution in [0.25, 0.3) is 11.0 Å². The van der Waals surface area contributed by atoms with Gasteiger partial charge in [0.25, 0.3) is 5.56 Å². The molecule has 5 heterocycles. The Labute approximate surface area is 171 Å². The molecule has 30 heavy (non-hydrogen) atoms. The molecule has 0 amide bonds. The summed E-state index contributed by atoms with van der Waals surface area (Å²) < 4.78 is 6.91. The fourth-order valence-corrected chi connectivity index (χ4v) is 4.51. The van der Waals surface area contributed by atoms with E-state index in [1.165, 1.54) is 16.5 Å². The van der Waals surface area contributed by atoms with Crippen molar-refractivity contribution in [3.8, 4) is 0 Å². The number of rotatable bonds is 4. The third kappa shape index (κ3) is 2.77.